The molecule has 2 heterocycles. The van der Waals surface area contributed by atoms with Gasteiger partial charge in [0.15, 0.2) is 11.5 Å². The molecule has 0 fully saturated rings. The van der Waals surface area contributed by atoms with E-state index in [2.05, 4.69) is 36.1 Å². The van der Waals surface area contributed by atoms with Gasteiger partial charge in [-0.15, -0.1) is 0 Å². The van der Waals surface area contributed by atoms with E-state index in [-0.39, 0.29) is 24.9 Å². The molecule has 11 heteroatoms. The normalized spacial score (nSPS) is 10.8. The number of H-pyrrole nitrogens is 1. The Hall–Kier alpha value is -3.40. The van der Waals surface area contributed by atoms with E-state index in [0.29, 0.717) is 27.6 Å². The van der Waals surface area contributed by atoms with E-state index < -0.39 is 12.0 Å². The smallest absolute Gasteiger partial charge is 0.407 e. The number of alkyl carbamates (subject to hydrolysis) is 1. The first kappa shape index (κ1) is 20.3. The van der Waals surface area contributed by atoms with Crippen molar-refractivity contribution in [1.82, 2.24) is 25.5 Å². The van der Waals surface area contributed by atoms with Crippen LogP contribution in [0.2, 0.25) is 5.02 Å². The zero-order valence-electron chi connectivity index (χ0n) is 15.8. The molecule has 0 unspecified atom stereocenters. The van der Waals surface area contributed by atoms with Crippen molar-refractivity contribution in [2.75, 3.05) is 23.8 Å². The van der Waals surface area contributed by atoms with Gasteiger partial charge in [-0.05, 0) is 24.1 Å². The highest BCUT2D eigenvalue weighted by atomic mass is 35.5. The van der Waals surface area contributed by atoms with Crippen LogP contribution in [-0.4, -0.2) is 45.3 Å². The molecule has 0 radical (unpaired) electrons. The molecule has 0 aliphatic heterocycles. The van der Waals surface area contributed by atoms with Gasteiger partial charge in [0, 0.05) is 10.7 Å². The average Bonchev–Trinajstić information content (AvgIpc) is 3.08. The van der Waals surface area contributed by atoms with E-state index in [0.717, 1.165) is 0 Å². The third-order valence-corrected chi connectivity index (χ3v) is 3.88. The number of hydrogen-bond acceptors (Lipinski definition) is 7. The summed E-state index contributed by atoms with van der Waals surface area (Å²) in [5.41, 5.74) is 1.15. The van der Waals surface area contributed by atoms with Crippen LogP contribution < -0.4 is 16.0 Å². The topological polar surface area (TPSA) is 134 Å². The number of nitrogens with zero attached hydrogens (tertiary/aromatic N) is 3. The van der Waals surface area contributed by atoms with E-state index in [1.165, 1.54) is 6.33 Å². The summed E-state index contributed by atoms with van der Waals surface area (Å²) in [7, 11) is 0. The van der Waals surface area contributed by atoms with Gasteiger partial charge < -0.3 is 20.7 Å². The monoisotopic (exact) mass is 417 g/mol. The minimum Gasteiger partial charge on any atom is -0.449 e. The molecule has 0 aliphatic carbocycles. The number of amides is 2. The minimum absolute atomic E-state index is 0.204. The Bertz CT molecular complexity index is 1020. The first-order chi connectivity index (χ1) is 13.9. The Balaban J connectivity index is 1.70. The summed E-state index contributed by atoms with van der Waals surface area (Å²) in [5.74, 6) is 0.394. The molecule has 0 aliphatic rings. The fourth-order valence-corrected chi connectivity index (χ4v) is 2.56. The van der Waals surface area contributed by atoms with Crippen molar-refractivity contribution in [3.63, 3.8) is 0 Å². The zero-order valence-corrected chi connectivity index (χ0v) is 16.6. The highest BCUT2D eigenvalue weighted by Gasteiger charge is 2.16. The summed E-state index contributed by atoms with van der Waals surface area (Å²) >= 11 is 6.02. The SMILES string of the molecule is CC(C)COC(=O)NCC(=O)Nc1n[nH]c2ncnc(Nc3cccc(Cl)c3)c12. The van der Waals surface area contributed by atoms with Gasteiger partial charge in [0.2, 0.25) is 5.91 Å². The molecule has 0 bridgehead atoms. The minimum atomic E-state index is -0.660. The Labute approximate surface area is 171 Å². The number of nitrogens with one attached hydrogen (secondary N) is 4. The van der Waals surface area contributed by atoms with E-state index in [1.54, 1.807) is 18.2 Å². The molecular formula is C18H20ClN7O3. The van der Waals surface area contributed by atoms with Crippen LogP contribution in [0.5, 0.6) is 0 Å². The standard InChI is InChI=1S/C18H20ClN7O3/c1-10(2)8-29-18(28)20-7-13(27)24-17-14-15(21-9-22-16(14)25-26-17)23-12-5-3-4-11(19)6-12/h3-6,9-10H,7-8H2,1-2H3,(H,20,28)(H3,21,22,23,24,25,26,27). The van der Waals surface area contributed by atoms with Gasteiger partial charge >= 0.3 is 6.09 Å². The predicted octanol–water partition coefficient (Wildman–Crippen LogP) is 3.07. The third kappa shape index (κ3) is 5.55. The van der Waals surface area contributed by atoms with Gasteiger partial charge in [-0.25, -0.2) is 14.8 Å². The van der Waals surface area contributed by atoms with Crippen LogP contribution in [0.25, 0.3) is 11.0 Å². The van der Waals surface area contributed by atoms with Crippen molar-refractivity contribution < 1.29 is 14.3 Å². The number of ether oxygens (including phenoxy) is 1. The number of carbonyl (C=O) groups excluding carboxylic acids is 2. The van der Waals surface area contributed by atoms with Gasteiger partial charge in [-0.1, -0.05) is 31.5 Å². The van der Waals surface area contributed by atoms with Gasteiger partial charge in [0.1, 0.15) is 24.1 Å². The molecule has 2 aromatic heterocycles. The molecule has 4 N–H and O–H groups in total. The Morgan fingerprint density at radius 2 is 2.07 bits per heavy atom. The number of fused-ring (bicyclic) bond motifs is 1. The third-order valence-electron chi connectivity index (χ3n) is 3.64. The molecule has 152 valence electrons. The summed E-state index contributed by atoms with van der Waals surface area (Å²) in [6.07, 6.45) is 0.707. The molecule has 10 nitrogen and oxygen atoms in total. The second-order valence-corrected chi connectivity index (χ2v) is 6.98. The maximum atomic E-state index is 12.2. The van der Waals surface area contributed by atoms with Crippen LogP contribution in [0, 0.1) is 5.92 Å². The lowest BCUT2D eigenvalue weighted by Gasteiger charge is -2.09. The second kappa shape index (κ2) is 9.20. The van der Waals surface area contributed by atoms with Crippen LogP contribution in [0.4, 0.5) is 22.1 Å². The number of anilines is 3. The summed E-state index contributed by atoms with van der Waals surface area (Å²) in [5, 5.41) is 16.0. The van der Waals surface area contributed by atoms with Gasteiger partial charge in [0.25, 0.3) is 0 Å². The number of benzene rings is 1. The number of hydrogen-bond donors (Lipinski definition) is 4. The number of carbonyl (C=O) groups is 2. The molecule has 3 aromatic rings. The van der Waals surface area contributed by atoms with Crippen molar-refractivity contribution in [2.24, 2.45) is 5.92 Å². The highest BCUT2D eigenvalue weighted by Crippen LogP contribution is 2.28. The van der Waals surface area contributed by atoms with Crippen molar-refractivity contribution in [3.05, 3.63) is 35.6 Å². The maximum absolute atomic E-state index is 12.2. The Morgan fingerprint density at radius 1 is 1.24 bits per heavy atom. The van der Waals surface area contributed by atoms with Crippen LogP contribution >= 0.6 is 11.6 Å². The summed E-state index contributed by atoms with van der Waals surface area (Å²) in [6, 6.07) is 7.11. The average molecular weight is 418 g/mol. The van der Waals surface area contributed by atoms with E-state index in [4.69, 9.17) is 16.3 Å². The highest BCUT2D eigenvalue weighted by molar-refractivity contribution is 6.30. The zero-order chi connectivity index (χ0) is 20.8. The van der Waals surface area contributed by atoms with Crippen LogP contribution in [-0.2, 0) is 9.53 Å². The lowest BCUT2D eigenvalue weighted by atomic mass is 10.2. The molecule has 0 atom stereocenters. The van der Waals surface area contributed by atoms with Crippen molar-refractivity contribution in [1.29, 1.82) is 0 Å². The number of halogens is 1. The summed E-state index contributed by atoms with van der Waals surface area (Å²) in [4.78, 5) is 32.1. The molecule has 0 saturated heterocycles. The van der Waals surface area contributed by atoms with Gasteiger partial charge in [-0.2, -0.15) is 5.10 Å². The van der Waals surface area contributed by atoms with Gasteiger partial charge in [-0.3, -0.25) is 9.89 Å². The van der Waals surface area contributed by atoms with Crippen LogP contribution in [0.1, 0.15) is 13.8 Å². The first-order valence-corrected chi connectivity index (χ1v) is 9.22. The molecule has 29 heavy (non-hydrogen) atoms. The first-order valence-electron chi connectivity index (χ1n) is 8.84. The fraction of sp³-hybridized carbons (Fsp3) is 0.278. The van der Waals surface area contributed by atoms with Crippen molar-refractivity contribution in [3.8, 4) is 0 Å². The van der Waals surface area contributed by atoms with Crippen molar-refractivity contribution >= 4 is 52.0 Å². The predicted molar refractivity (Wildman–Crippen MR) is 109 cm³/mol. The van der Waals surface area contributed by atoms with E-state index in [1.807, 2.05) is 19.9 Å². The summed E-state index contributed by atoms with van der Waals surface area (Å²) in [6.45, 7) is 3.84. The molecule has 3 rings (SSSR count). The maximum Gasteiger partial charge on any atom is 0.407 e. The lowest BCUT2D eigenvalue weighted by Crippen LogP contribution is -2.34. The van der Waals surface area contributed by atoms with E-state index in [9.17, 15) is 9.59 Å². The van der Waals surface area contributed by atoms with Crippen LogP contribution in [0.15, 0.2) is 30.6 Å². The Kier molecular flexibility index (Phi) is 6.45. The number of rotatable bonds is 7. The molecular weight excluding hydrogens is 398 g/mol. The summed E-state index contributed by atoms with van der Waals surface area (Å²) < 4.78 is 4.96. The Morgan fingerprint density at radius 3 is 2.83 bits per heavy atom. The van der Waals surface area contributed by atoms with Crippen molar-refractivity contribution in [2.45, 2.75) is 13.8 Å². The lowest BCUT2D eigenvalue weighted by molar-refractivity contribution is -0.115. The molecule has 0 spiro atoms. The number of aromatic amines is 1. The largest absolute Gasteiger partial charge is 0.449 e. The van der Waals surface area contributed by atoms with E-state index >= 15 is 0 Å². The molecule has 2 amide bonds. The van der Waals surface area contributed by atoms with Crippen LogP contribution in [0.3, 0.4) is 0 Å². The quantitative estimate of drug-likeness (QED) is 0.464. The fourth-order valence-electron chi connectivity index (χ4n) is 2.37. The van der Waals surface area contributed by atoms with Gasteiger partial charge in [0.05, 0.1) is 6.61 Å². The molecule has 0 saturated carbocycles. The molecule has 1 aromatic carbocycles. The number of aromatic nitrogens is 4. The second-order valence-electron chi connectivity index (χ2n) is 6.55.